The Hall–Kier alpha value is -3.98. The minimum atomic E-state index is -0.0223. The van der Waals surface area contributed by atoms with Crippen LogP contribution in [0, 0.1) is 0 Å². The Morgan fingerprint density at radius 3 is 2.41 bits per heavy atom. The summed E-state index contributed by atoms with van der Waals surface area (Å²) in [5.74, 6) is 0.839. The normalized spacial score (nSPS) is 14.2. The molecule has 0 atom stereocenters. The molecule has 32 heavy (non-hydrogen) atoms. The summed E-state index contributed by atoms with van der Waals surface area (Å²) in [5.41, 5.74) is 7.81. The molecule has 152 valence electrons. The van der Waals surface area contributed by atoms with Gasteiger partial charge in [0, 0.05) is 28.6 Å². The molecular weight excluding hydrogens is 390 g/mol. The van der Waals surface area contributed by atoms with Gasteiger partial charge in [-0.25, -0.2) is 4.98 Å². The summed E-state index contributed by atoms with van der Waals surface area (Å²) >= 11 is 0. The maximum atomic E-state index is 4.63. The Morgan fingerprint density at radius 2 is 1.53 bits per heavy atom. The smallest absolute Gasteiger partial charge is 0.156 e. The molecule has 0 radical (unpaired) electrons. The van der Waals surface area contributed by atoms with Crippen molar-refractivity contribution in [2.45, 2.75) is 19.3 Å². The topological polar surface area (TPSA) is 30.7 Å². The molecule has 3 heteroatoms. The molecule has 0 aliphatic heterocycles. The van der Waals surface area contributed by atoms with Crippen molar-refractivity contribution in [1.82, 2.24) is 14.5 Å². The Labute approximate surface area is 186 Å². The van der Waals surface area contributed by atoms with Crippen molar-refractivity contribution < 1.29 is 0 Å². The molecule has 7 rings (SSSR count). The molecular formula is C29H21N3. The maximum absolute atomic E-state index is 4.63. The van der Waals surface area contributed by atoms with Gasteiger partial charge in [0.2, 0.25) is 0 Å². The van der Waals surface area contributed by atoms with Gasteiger partial charge in [-0.15, -0.1) is 0 Å². The van der Waals surface area contributed by atoms with E-state index in [1.54, 1.807) is 12.4 Å². The zero-order chi connectivity index (χ0) is 21.4. The molecule has 6 aromatic rings. The standard InChI is InChI=1S/C29H21N3/c1-29(2)21-9-5-3-7-19(21)27-22(29)13-11-18-12-14-24-28(26(18)27)20-8-4-6-10-23(20)32(24)25-17-30-15-16-31-25/h3-17H,1-2H3. The molecule has 0 N–H and O–H groups in total. The summed E-state index contributed by atoms with van der Waals surface area (Å²) in [6.07, 6.45) is 5.32. The van der Waals surface area contributed by atoms with Crippen LogP contribution in [0.4, 0.5) is 0 Å². The van der Waals surface area contributed by atoms with E-state index in [4.69, 9.17) is 0 Å². The van der Waals surface area contributed by atoms with Crippen molar-refractivity contribution in [3.05, 3.63) is 103 Å². The van der Waals surface area contributed by atoms with Gasteiger partial charge >= 0.3 is 0 Å². The Balaban J connectivity index is 1.75. The third-order valence-electron chi connectivity index (χ3n) is 7.14. The highest BCUT2D eigenvalue weighted by atomic mass is 15.1. The minimum Gasteiger partial charge on any atom is -0.292 e. The summed E-state index contributed by atoms with van der Waals surface area (Å²) in [5, 5.41) is 5.13. The molecule has 0 spiro atoms. The predicted molar refractivity (Wildman–Crippen MR) is 131 cm³/mol. The van der Waals surface area contributed by atoms with Gasteiger partial charge in [0.1, 0.15) is 0 Å². The third-order valence-corrected chi connectivity index (χ3v) is 7.14. The number of hydrogen-bond donors (Lipinski definition) is 0. The van der Waals surface area contributed by atoms with Gasteiger partial charge in [0.05, 0.1) is 17.2 Å². The van der Waals surface area contributed by atoms with E-state index >= 15 is 0 Å². The molecule has 1 aliphatic rings. The van der Waals surface area contributed by atoms with Crippen LogP contribution in [0.5, 0.6) is 0 Å². The van der Waals surface area contributed by atoms with Crippen molar-refractivity contribution in [3.63, 3.8) is 0 Å². The van der Waals surface area contributed by atoms with Crippen LogP contribution in [-0.2, 0) is 5.41 Å². The first-order chi connectivity index (χ1) is 15.7. The van der Waals surface area contributed by atoms with Crippen molar-refractivity contribution in [2.24, 2.45) is 0 Å². The quantitative estimate of drug-likeness (QED) is 0.291. The molecule has 0 fully saturated rings. The number of fused-ring (bicyclic) bond motifs is 9. The van der Waals surface area contributed by atoms with Gasteiger partial charge in [-0.1, -0.05) is 74.5 Å². The van der Waals surface area contributed by atoms with Crippen LogP contribution in [-0.4, -0.2) is 14.5 Å². The van der Waals surface area contributed by atoms with Crippen LogP contribution in [0.3, 0.4) is 0 Å². The summed E-state index contributed by atoms with van der Waals surface area (Å²) in [4.78, 5) is 8.97. The average molecular weight is 412 g/mol. The minimum absolute atomic E-state index is 0.0223. The van der Waals surface area contributed by atoms with Crippen molar-refractivity contribution in [2.75, 3.05) is 0 Å². The molecule has 2 heterocycles. The van der Waals surface area contributed by atoms with E-state index in [0.717, 1.165) is 16.9 Å². The molecule has 2 aromatic heterocycles. The molecule has 4 aromatic carbocycles. The monoisotopic (exact) mass is 411 g/mol. The van der Waals surface area contributed by atoms with E-state index in [2.05, 4.69) is 101 Å². The number of benzene rings is 4. The zero-order valence-corrected chi connectivity index (χ0v) is 18.0. The Bertz CT molecular complexity index is 1690. The molecule has 3 nitrogen and oxygen atoms in total. The van der Waals surface area contributed by atoms with Crippen LogP contribution in [0.1, 0.15) is 25.0 Å². The van der Waals surface area contributed by atoms with Crippen LogP contribution >= 0.6 is 0 Å². The van der Waals surface area contributed by atoms with E-state index in [-0.39, 0.29) is 5.41 Å². The summed E-state index contributed by atoms with van der Waals surface area (Å²) in [7, 11) is 0. The fourth-order valence-electron chi connectivity index (χ4n) is 5.72. The second kappa shape index (κ2) is 6.04. The highest BCUT2D eigenvalue weighted by Crippen LogP contribution is 2.53. The summed E-state index contributed by atoms with van der Waals surface area (Å²) in [6, 6.07) is 26.6. The number of para-hydroxylation sites is 1. The van der Waals surface area contributed by atoms with E-state index < -0.39 is 0 Å². The molecule has 0 bridgehead atoms. The summed E-state index contributed by atoms with van der Waals surface area (Å²) < 4.78 is 2.24. The lowest BCUT2D eigenvalue weighted by Gasteiger charge is -2.21. The van der Waals surface area contributed by atoms with Crippen molar-refractivity contribution in [1.29, 1.82) is 0 Å². The first-order valence-corrected chi connectivity index (χ1v) is 11.0. The van der Waals surface area contributed by atoms with Gasteiger partial charge in [-0.3, -0.25) is 9.55 Å². The highest BCUT2D eigenvalue weighted by molar-refractivity contribution is 6.25. The van der Waals surface area contributed by atoms with Crippen LogP contribution in [0.25, 0.3) is 49.5 Å². The lowest BCUT2D eigenvalue weighted by molar-refractivity contribution is 0.661. The van der Waals surface area contributed by atoms with Crippen LogP contribution in [0.2, 0.25) is 0 Å². The molecule has 0 saturated carbocycles. The fourth-order valence-corrected chi connectivity index (χ4v) is 5.72. The van der Waals surface area contributed by atoms with Gasteiger partial charge in [0.25, 0.3) is 0 Å². The first-order valence-electron chi connectivity index (χ1n) is 11.0. The number of rotatable bonds is 1. The first kappa shape index (κ1) is 17.7. The number of nitrogens with zero attached hydrogens (tertiary/aromatic N) is 3. The maximum Gasteiger partial charge on any atom is 0.156 e. The third kappa shape index (κ3) is 2.10. The molecule has 0 unspecified atom stereocenters. The van der Waals surface area contributed by atoms with Gasteiger partial charge in [-0.2, -0.15) is 0 Å². The van der Waals surface area contributed by atoms with Gasteiger partial charge in [0.15, 0.2) is 5.82 Å². The second-order valence-electron chi connectivity index (χ2n) is 9.13. The van der Waals surface area contributed by atoms with E-state index in [1.165, 1.54) is 43.8 Å². The van der Waals surface area contributed by atoms with Crippen LogP contribution in [0.15, 0.2) is 91.4 Å². The zero-order valence-electron chi connectivity index (χ0n) is 18.0. The lowest BCUT2D eigenvalue weighted by Crippen LogP contribution is -2.14. The van der Waals surface area contributed by atoms with Gasteiger partial charge < -0.3 is 0 Å². The largest absolute Gasteiger partial charge is 0.292 e. The predicted octanol–water partition coefficient (Wildman–Crippen LogP) is 7.03. The van der Waals surface area contributed by atoms with E-state index in [9.17, 15) is 0 Å². The molecule has 0 amide bonds. The lowest BCUT2D eigenvalue weighted by atomic mass is 9.82. The van der Waals surface area contributed by atoms with Crippen LogP contribution < -0.4 is 0 Å². The Morgan fingerprint density at radius 1 is 0.719 bits per heavy atom. The highest BCUT2D eigenvalue weighted by Gasteiger charge is 2.36. The number of hydrogen-bond acceptors (Lipinski definition) is 2. The SMILES string of the molecule is CC1(C)c2ccccc2-c2c1ccc1ccc3c(c4ccccc4n3-c3cnccn3)c21. The van der Waals surface area contributed by atoms with Crippen molar-refractivity contribution in [3.8, 4) is 16.9 Å². The summed E-state index contributed by atoms with van der Waals surface area (Å²) in [6.45, 7) is 4.68. The molecule has 1 aliphatic carbocycles. The second-order valence-corrected chi connectivity index (χ2v) is 9.13. The molecule has 0 saturated heterocycles. The van der Waals surface area contributed by atoms with Gasteiger partial charge in [-0.05, 0) is 45.2 Å². The van der Waals surface area contributed by atoms with Crippen molar-refractivity contribution >= 4 is 32.6 Å². The van der Waals surface area contributed by atoms with E-state index in [1.807, 2.05) is 6.20 Å². The Kier molecular flexibility index (Phi) is 3.34. The van der Waals surface area contributed by atoms with E-state index in [0.29, 0.717) is 0 Å². The number of aromatic nitrogens is 3. The average Bonchev–Trinajstić information content (AvgIpc) is 3.29. The fraction of sp³-hybridized carbons (Fsp3) is 0.103.